The monoisotopic (exact) mass is 1310 g/mol. The van der Waals surface area contributed by atoms with E-state index in [-0.39, 0.29) is 35.5 Å². The number of nitrogens with zero attached hydrogens (tertiary/aromatic N) is 10. The average molecular weight is 1310 g/mol. The van der Waals surface area contributed by atoms with E-state index >= 15 is 0 Å². The van der Waals surface area contributed by atoms with Crippen LogP contribution >= 0.6 is 12.4 Å². The molecule has 3 aliphatic rings. The molecular weight excluding hydrogens is 1230 g/mol. The van der Waals surface area contributed by atoms with Crippen molar-refractivity contribution >= 4 is 64.3 Å². The van der Waals surface area contributed by atoms with Gasteiger partial charge in [0.15, 0.2) is 0 Å². The predicted molar refractivity (Wildman–Crippen MR) is 386 cm³/mol. The van der Waals surface area contributed by atoms with Crippen LogP contribution in [0.2, 0.25) is 0 Å². The molecule has 9 aromatic carbocycles. The van der Waals surface area contributed by atoms with Crippen LogP contribution in [0.1, 0.15) is 106 Å². The summed E-state index contributed by atoms with van der Waals surface area (Å²) in [5.41, 5.74) is 16.0. The number of carbonyl (C=O) groups excluding carboxylic acids is 3. The molecule has 14 rings (SSSR count). The lowest BCUT2D eigenvalue weighted by molar-refractivity contribution is 0.101. The number of phenolic OH excluding ortho intramolecular Hbond substituents is 1. The number of phenols is 1. The van der Waals surface area contributed by atoms with E-state index in [2.05, 4.69) is 90.1 Å². The topological polar surface area (TPSA) is 250 Å². The van der Waals surface area contributed by atoms with Gasteiger partial charge in [-0.25, -0.2) is 0 Å². The van der Waals surface area contributed by atoms with Crippen LogP contribution in [-0.2, 0) is 0 Å². The summed E-state index contributed by atoms with van der Waals surface area (Å²) in [4.78, 5) is 46.8. The molecule has 0 unspecified atom stereocenters. The lowest BCUT2D eigenvalue weighted by atomic mass is 10.0. The zero-order valence-corrected chi connectivity index (χ0v) is 55.0. The van der Waals surface area contributed by atoms with Crippen molar-refractivity contribution in [2.75, 3.05) is 69.9 Å². The number of rotatable bonds is 14. The van der Waals surface area contributed by atoms with Gasteiger partial charge in [0.1, 0.15) is 11.8 Å². The molecule has 3 fully saturated rings. The van der Waals surface area contributed by atoms with E-state index in [9.17, 15) is 24.8 Å². The van der Waals surface area contributed by atoms with Gasteiger partial charge < -0.3 is 35.8 Å². The van der Waals surface area contributed by atoms with Crippen molar-refractivity contribution in [3.63, 3.8) is 0 Å². The maximum absolute atomic E-state index is 13.4. The first kappa shape index (κ1) is 66.9. The van der Waals surface area contributed by atoms with Crippen LogP contribution in [0, 0.1) is 25.2 Å². The zero-order chi connectivity index (χ0) is 66.2. The number of nitrogens with one attached hydrogen (secondary N) is 5. The minimum atomic E-state index is -0.402. The third-order valence-corrected chi connectivity index (χ3v) is 17.7. The van der Waals surface area contributed by atoms with E-state index in [1.54, 1.807) is 18.2 Å². The summed E-state index contributed by atoms with van der Waals surface area (Å²) in [7, 11) is 0. The first-order valence-electron chi connectivity index (χ1n) is 32.7. The number of nitriles is 1. The highest BCUT2D eigenvalue weighted by Crippen LogP contribution is 2.36. The molecule has 0 aliphatic carbocycles. The maximum Gasteiger partial charge on any atom is 0.259 e. The van der Waals surface area contributed by atoms with Crippen molar-refractivity contribution in [3.8, 4) is 68.0 Å². The molecule has 3 aliphatic heterocycles. The van der Waals surface area contributed by atoms with Crippen molar-refractivity contribution in [2.45, 2.75) is 71.6 Å². The fourth-order valence-electron chi connectivity index (χ4n) is 12.4. The smallest absolute Gasteiger partial charge is 0.259 e. The van der Waals surface area contributed by atoms with Crippen molar-refractivity contribution < 1.29 is 19.5 Å². The second-order valence-electron chi connectivity index (χ2n) is 24.2. The van der Waals surface area contributed by atoms with Crippen LogP contribution in [0.15, 0.2) is 200 Å². The van der Waals surface area contributed by atoms with E-state index < -0.39 is 5.91 Å². The largest absolute Gasteiger partial charge is 0.507 e. The standard InChI is InChI=1S/C26H26N6O.C26H25N3O.C25H24N6O2.ClH/c1-18-10-12-21(32-14-6-3-7-15-32)17-23(18)26(33)27-24-16-20(19-8-4-2-5-9-19)11-13-22(24)25-28-30-31-29-25;1-19-10-13-23(29-14-6-3-7-15-29)17-24(19)26(30)28-25-16-21(11-12-22(25)18-27)20-8-4-2-5-9-20;32-23-12-10-19(31-13-5-2-6-14-31)16-21(23)25(33)26-22-15-18(17-7-3-1-4-8-17)9-11-20(22)24-27-29-30-28-24;/h2,4-5,8-13,16-17H,3,6-7,14-15H2,1H3,(H,27,33)(H,28,29,30,31);2,4-5,8-13,16-17H,3,6-7,14-15H2,1H3,(H,28,30);1,3-4,7-12,15-16,32H,2,5-6,13-14H2,(H,26,33)(H,27,28,29,30);1H. The summed E-state index contributed by atoms with van der Waals surface area (Å²) in [6, 6.07) is 66.6. The molecule has 6 N–H and O–H groups in total. The molecule has 5 heterocycles. The van der Waals surface area contributed by atoms with Crippen LogP contribution in [0.5, 0.6) is 5.75 Å². The fraction of sp³-hybridized carbons (Fsp3) is 0.221. The van der Waals surface area contributed by atoms with Crippen LogP contribution in [0.25, 0.3) is 56.2 Å². The predicted octanol–water partition coefficient (Wildman–Crippen LogP) is 15.8. The normalized spacial score (nSPS) is 13.5. The highest BCUT2D eigenvalue weighted by molar-refractivity contribution is 6.10. The highest BCUT2D eigenvalue weighted by atomic mass is 35.5. The van der Waals surface area contributed by atoms with Gasteiger partial charge in [-0.3, -0.25) is 14.4 Å². The summed E-state index contributed by atoms with van der Waals surface area (Å²) in [5.74, 6) is 0.00388. The summed E-state index contributed by atoms with van der Waals surface area (Å²) >= 11 is 0. The van der Waals surface area contributed by atoms with Crippen LogP contribution in [0.4, 0.5) is 34.1 Å². The molecule has 3 saturated heterocycles. The summed E-state index contributed by atoms with van der Waals surface area (Å²) in [5, 5.41) is 57.7. The highest BCUT2D eigenvalue weighted by Gasteiger charge is 2.23. The van der Waals surface area contributed by atoms with Gasteiger partial charge in [0.05, 0.1) is 28.2 Å². The number of piperidine rings is 3. The molecule has 0 bridgehead atoms. The second-order valence-corrected chi connectivity index (χ2v) is 24.2. The number of aromatic hydroxyl groups is 1. The quantitative estimate of drug-likeness (QED) is 0.0593. The van der Waals surface area contributed by atoms with Gasteiger partial charge in [-0.15, -0.1) is 32.8 Å². The molecule has 2 aromatic heterocycles. The Morgan fingerprint density at radius 3 is 1.14 bits per heavy atom. The van der Waals surface area contributed by atoms with Crippen LogP contribution in [0.3, 0.4) is 0 Å². The SMILES string of the molecule is Cc1ccc(N2CCCCC2)cc1C(=O)Nc1cc(-c2ccccc2)ccc1-c1nn[nH]n1.Cc1ccc(N2CCCCC2)cc1C(=O)Nc1cc(-c2ccccc2)ccc1C#N.Cl.O=C(Nc1cc(-c2ccccc2)ccc1-c1nn[nH]n1)c1cc(N2CCCCC2)ccc1O. The Morgan fingerprint density at radius 2 is 0.763 bits per heavy atom. The molecule has 11 aromatic rings. The third-order valence-electron chi connectivity index (χ3n) is 17.7. The Bertz CT molecular complexity index is 4310. The number of hydrogen-bond acceptors (Lipinski definition) is 14. The zero-order valence-electron chi connectivity index (χ0n) is 54.2. The number of aryl methyl sites for hydroxylation is 2. The number of benzene rings is 9. The molecular formula is C77H76ClN15O4. The Kier molecular flexibility index (Phi) is 22.2. The fourth-order valence-corrected chi connectivity index (χ4v) is 12.4. The molecule has 3 amide bonds. The maximum atomic E-state index is 13.4. The number of amides is 3. The van der Waals surface area contributed by atoms with Gasteiger partial charge in [0, 0.05) is 78.6 Å². The number of H-pyrrole nitrogens is 2. The molecule has 19 nitrogen and oxygen atoms in total. The van der Waals surface area contributed by atoms with Crippen LogP contribution in [-0.4, -0.2) is 103 Å². The molecule has 490 valence electrons. The molecule has 0 saturated carbocycles. The average Bonchev–Trinajstić information content (AvgIpc) is 1.75. The summed E-state index contributed by atoms with van der Waals surface area (Å²) in [6.07, 6.45) is 10.8. The minimum absolute atomic E-state index is 0. The number of hydrogen-bond donors (Lipinski definition) is 6. The van der Waals surface area contributed by atoms with Gasteiger partial charge >= 0.3 is 0 Å². The number of tetrazole rings is 2. The van der Waals surface area contributed by atoms with Crippen molar-refractivity contribution in [3.05, 3.63) is 234 Å². The van der Waals surface area contributed by atoms with Gasteiger partial charge in [-0.1, -0.05) is 121 Å². The Labute approximate surface area is 570 Å². The Balaban J connectivity index is 0.000000147. The Morgan fingerprint density at radius 1 is 0.412 bits per heavy atom. The summed E-state index contributed by atoms with van der Waals surface area (Å²) in [6.45, 7) is 9.94. The number of carbonyl (C=O) groups is 3. The van der Waals surface area contributed by atoms with Gasteiger partial charge in [0.2, 0.25) is 11.6 Å². The van der Waals surface area contributed by atoms with Gasteiger partial charge in [0.25, 0.3) is 17.7 Å². The van der Waals surface area contributed by atoms with E-state index in [1.807, 2.05) is 184 Å². The Hall–Kier alpha value is -11.5. The first-order valence-corrected chi connectivity index (χ1v) is 32.7. The van der Waals surface area contributed by atoms with E-state index in [0.29, 0.717) is 56.5 Å². The lowest BCUT2D eigenvalue weighted by Gasteiger charge is -2.29. The van der Waals surface area contributed by atoms with Crippen molar-refractivity contribution in [2.24, 2.45) is 0 Å². The lowest BCUT2D eigenvalue weighted by Crippen LogP contribution is -2.29. The number of aromatic nitrogens is 8. The van der Waals surface area contributed by atoms with Crippen molar-refractivity contribution in [1.29, 1.82) is 5.26 Å². The second kappa shape index (κ2) is 32.1. The molecule has 97 heavy (non-hydrogen) atoms. The van der Waals surface area contributed by atoms with Gasteiger partial charge in [-0.2, -0.15) is 15.7 Å². The van der Waals surface area contributed by atoms with Gasteiger partial charge in [-0.05, 0) is 205 Å². The van der Waals surface area contributed by atoms with E-state index in [4.69, 9.17) is 0 Å². The number of aromatic amines is 2. The van der Waals surface area contributed by atoms with E-state index in [1.165, 1.54) is 44.9 Å². The molecule has 0 radical (unpaired) electrons. The van der Waals surface area contributed by atoms with Crippen LogP contribution < -0.4 is 30.7 Å². The molecule has 0 atom stereocenters. The molecule has 20 heteroatoms. The molecule has 0 spiro atoms. The number of halogens is 1. The van der Waals surface area contributed by atoms with Crippen molar-refractivity contribution in [1.82, 2.24) is 41.2 Å². The third kappa shape index (κ3) is 16.5. The number of anilines is 6. The minimum Gasteiger partial charge on any atom is -0.507 e. The first-order chi connectivity index (χ1) is 47.0. The summed E-state index contributed by atoms with van der Waals surface area (Å²) < 4.78 is 0. The van der Waals surface area contributed by atoms with E-state index in [0.717, 1.165) is 114 Å².